The Hall–Kier alpha value is -2.84. The highest BCUT2D eigenvalue weighted by Crippen LogP contribution is 2.38. The van der Waals surface area contributed by atoms with E-state index in [4.69, 9.17) is 4.98 Å². The van der Waals surface area contributed by atoms with Crippen LogP contribution in [0.5, 0.6) is 0 Å². The lowest BCUT2D eigenvalue weighted by Gasteiger charge is -2.27. The summed E-state index contributed by atoms with van der Waals surface area (Å²) in [5, 5.41) is 13.2. The van der Waals surface area contributed by atoms with Crippen LogP contribution < -0.4 is 10.5 Å². The Morgan fingerprint density at radius 3 is 2.96 bits per heavy atom. The molecule has 142 valence electrons. The number of aliphatic hydroxyl groups is 1. The highest BCUT2D eigenvalue weighted by molar-refractivity contribution is 7.16. The molecule has 0 amide bonds. The van der Waals surface area contributed by atoms with Crippen LogP contribution in [0, 0.1) is 0 Å². The zero-order valence-corrected chi connectivity index (χ0v) is 16.0. The van der Waals surface area contributed by atoms with E-state index in [0.717, 1.165) is 35.4 Å². The van der Waals surface area contributed by atoms with Crippen molar-refractivity contribution in [3.63, 3.8) is 0 Å². The quantitative estimate of drug-likeness (QED) is 0.574. The van der Waals surface area contributed by atoms with Crippen molar-refractivity contribution in [2.24, 2.45) is 0 Å². The Labute approximate surface area is 164 Å². The first-order valence-electron chi connectivity index (χ1n) is 9.33. The van der Waals surface area contributed by atoms with E-state index in [9.17, 15) is 9.90 Å². The normalized spacial score (nSPS) is 17.0. The van der Waals surface area contributed by atoms with E-state index in [2.05, 4.69) is 14.9 Å². The maximum Gasteiger partial charge on any atom is 0.261 e. The Morgan fingerprint density at radius 1 is 1.18 bits per heavy atom. The van der Waals surface area contributed by atoms with Gasteiger partial charge >= 0.3 is 0 Å². The summed E-state index contributed by atoms with van der Waals surface area (Å²) in [6.45, 7) is 0.963. The van der Waals surface area contributed by atoms with E-state index < -0.39 is 0 Å². The van der Waals surface area contributed by atoms with Gasteiger partial charge in [-0.1, -0.05) is 12.1 Å². The van der Waals surface area contributed by atoms with Crippen molar-refractivity contribution < 1.29 is 5.11 Å². The van der Waals surface area contributed by atoms with Gasteiger partial charge in [0.2, 0.25) is 0 Å². The minimum atomic E-state index is -0.109. The van der Waals surface area contributed by atoms with Crippen molar-refractivity contribution >= 4 is 38.3 Å². The Balaban J connectivity index is 1.69. The summed E-state index contributed by atoms with van der Waals surface area (Å²) in [5.74, 6) is 1.57. The minimum Gasteiger partial charge on any atom is -0.395 e. The van der Waals surface area contributed by atoms with Gasteiger partial charge in [0.15, 0.2) is 0 Å². The number of para-hydroxylation sites is 1. The number of aliphatic hydroxyl groups excluding tert-OH is 1. The van der Waals surface area contributed by atoms with Gasteiger partial charge in [-0.3, -0.25) is 9.36 Å². The third-order valence-electron chi connectivity index (χ3n) is 5.28. The molecule has 5 rings (SSSR count). The molecule has 0 radical (unpaired) electrons. The number of rotatable bonds is 4. The van der Waals surface area contributed by atoms with Crippen LogP contribution in [0.15, 0.2) is 46.8 Å². The monoisotopic (exact) mass is 393 g/mol. The summed E-state index contributed by atoms with van der Waals surface area (Å²) in [7, 11) is 0. The fraction of sp³-hybridized carbons (Fsp3) is 0.300. The third-order valence-corrected chi connectivity index (χ3v) is 6.10. The van der Waals surface area contributed by atoms with E-state index in [1.807, 2.05) is 29.6 Å². The van der Waals surface area contributed by atoms with Crippen molar-refractivity contribution in [2.45, 2.75) is 25.4 Å². The van der Waals surface area contributed by atoms with Crippen molar-refractivity contribution in [1.29, 1.82) is 0 Å². The van der Waals surface area contributed by atoms with Gasteiger partial charge in [-0.15, -0.1) is 11.3 Å². The first kappa shape index (κ1) is 17.3. The molecule has 1 unspecified atom stereocenters. The van der Waals surface area contributed by atoms with E-state index in [-0.39, 0.29) is 24.8 Å². The summed E-state index contributed by atoms with van der Waals surface area (Å²) in [6, 6.07) is 9.35. The second-order valence-corrected chi connectivity index (χ2v) is 7.75. The van der Waals surface area contributed by atoms with Crippen molar-refractivity contribution in [3.05, 3.63) is 58.2 Å². The van der Waals surface area contributed by atoms with Crippen LogP contribution in [0.4, 0.5) is 5.82 Å². The summed E-state index contributed by atoms with van der Waals surface area (Å²) < 4.78 is 1.62. The number of aromatic nitrogens is 4. The highest BCUT2D eigenvalue weighted by Gasteiger charge is 2.32. The Kier molecular flexibility index (Phi) is 4.29. The fourth-order valence-corrected chi connectivity index (χ4v) is 4.78. The number of fused-ring (bicyclic) bond motifs is 2. The summed E-state index contributed by atoms with van der Waals surface area (Å²) in [5.41, 5.74) is 0.580. The molecule has 1 aromatic carbocycles. The molecule has 1 N–H and O–H groups in total. The third kappa shape index (κ3) is 2.68. The number of nitrogens with zero attached hydrogens (tertiary/aromatic N) is 5. The van der Waals surface area contributed by atoms with Crippen LogP contribution >= 0.6 is 11.3 Å². The zero-order chi connectivity index (χ0) is 19.1. The molecule has 0 bridgehead atoms. The maximum atomic E-state index is 13.1. The summed E-state index contributed by atoms with van der Waals surface area (Å²) in [4.78, 5) is 30.0. The van der Waals surface area contributed by atoms with Crippen LogP contribution in [-0.4, -0.2) is 37.8 Å². The molecule has 1 saturated heterocycles. The van der Waals surface area contributed by atoms with Gasteiger partial charge in [0.1, 0.15) is 22.8 Å². The molecular formula is C20H19N5O2S. The molecule has 8 heteroatoms. The molecule has 4 aromatic rings. The molecule has 0 aliphatic carbocycles. The van der Waals surface area contributed by atoms with E-state index in [1.54, 1.807) is 28.3 Å². The molecule has 28 heavy (non-hydrogen) atoms. The first-order chi connectivity index (χ1) is 13.8. The van der Waals surface area contributed by atoms with E-state index >= 15 is 0 Å². The molecule has 0 spiro atoms. The number of hydrogen-bond donors (Lipinski definition) is 1. The lowest BCUT2D eigenvalue weighted by molar-refractivity contribution is 0.270. The van der Waals surface area contributed by atoms with Crippen molar-refractivity contribution in [3.8, 4) is 0 Å². The number of thiophene rings is 1. The molecule has 1 aliphatic rings. The summed E-state index contributed by atoms with van der Waals surface area (Å²) >= 11 is 1.59. The predicted molar refractivity (Wildman–Crippen MR) is 110 cm³/mol. The second kappa shape index (κ2) is 6.96. The van der Waals surface area contributed by atoms with Gasteiger partial charge in [-0.2, -0.15) is 0 Å². The molecule has 7 nitrogen and oxygen atoms in total. The fourth-order valence-electron chi connectivity index (χ4n) is 4.05. The largest absolute Gasteiger partial charge is 0.395 e. The standard InChI is InChI=1S/C20H19N5O2S/c26-10-9-25-18(23-15-5-2-1-4-13(15)20(25)27)16-6-3-8-24(16)17-14-7-11-28-19(14)22-12-21-17/h1-2,4-5,7,11-12,16,26H,3,6,8-10H2. The second-order valence-electron chi connectivity index (χ2n) is 6.86. The molecule has 4 heterocycles. The average molecular weight is 393 g/mol. The number of anilines is 1. The van der Waals surface area contributed by atoms with Gasteiger partial charge in [0, 0.05) is 6.54 Å². The smallest absolute Gasteiger partial charge is 0.261 e. The van der Waals surface area contributed by atoms with Crippen LogP contribution in [-0.2, 0) is 6.54 Å². The van der Waals surface area contributed by atoms with Crippen LogP contribution in [0.1, 0.15) is 24.7 Å². The topological polar surface area (TPSA) is 84.1 Å². The van der Waals surface area contributed by atoms with Gasteiger partial charge in [-0.25, -0.2) is 15.0 Å². The van der Waals surface area contributed by atoms with Crippen molar-refractivity contribution in [2.75, 3.05) is 18.1 Å². The maximum absolute atomic E-state index is 13.1. The summed E-state index contributed by atoms with van der Waals surface area (Å²) in [6.07, 6.45) is 3.46. The zero-order valence-electron chi connectivity index (χ0n) is 15.2. The minimum absolute atomic E-state index is 0.0677. The highest BCUT2D eigenvalue weighted by atomic mass is 32.1. The molecule has 1 fully saturated rings. The average Bonchev–Trinajstić information content (AvgIpc) is 3.39. The van der Waals surface area contributed by atoms with Crippen LogP contribution in [0.25, 0.3) is 21.1 Å². The lowest BCUT2D eigenvalue weighted by Crippen LogP contribution is -2.33. The Morgan fingerprint density at radius 2 is 2.07 bits per heavy atom. The van der Waals surface area contributed by atoms with Gasteiger partial charge in [-0.05, 0) is 36.4 Å². The number of benzene rings is 1. The Bertz CT molecular complexity index is 1220. The van der Waals surface area contributed by atoms with Crippen LogP contribution in [0.3, 0.4) is 0 Å². The SMILES string of the molecule is O=c1c2ccccc2nc(C2CCCN2c2ncnc3sccc23)n1CCO. The van der Waals surface area contributed by atoms with E-state index in [1.165, 1.54) is 0 Å². The van der Waals surface area contributed by atoms with Gasteiger partial charge in [0.25, 0.3) is 5.56 Å². The lowest BCUT2D eigenvalue weighted by atomic mass is 10.1. The molecule has 0 saturated carbocycles. The van der Waals surface area contributed by atoms with Crippen LogP contribution in [0.2, 0.25) is 0 Å². The predicted octanol–water partition coefficient (Wildman–Crippen LogP) is 2.74. The van der Waals surface area contributed by atoms with Crippen molar-refractivity contribution in [1.82, 2.24) is 19.5 Å². The number of hydrogen-bond acceptors (Lipinski definition) is 7. The van der Waals surface area contributed by atoms with E-state index in [0.29, 0.717) is 16.7 Å². The molecule has 1 atom stereocenters. The van der Waals surface area contributed by atoms with Gasteiger partial charge < -0.3 is 10.0 Å². The first-order valence-corrected chi connectivity index (χ1v) is 10.2. The molecule has 1 aliphatic heterocycles. The molecular weight excluding hydrogens is 374 g/mol. The van der Waals surface area contributed by atoms with Gasteiger partial charge in [0.05, 0.1) is 35.5 Å². The molecule has 3 aromatic heterocycles.